The fourth-order valence-electron chi connectivity index (χ4n) is 2.83. The summed E-state index contributed by atoms with van der Waals surface area (Å²) in [5.74, 6) is 5.89. The molecule has 0 aliphatic heterocycles. The molecule has 3 aromatic rings. The molecule has 0 bridgehead atoms. The molecule has 0 saturated carbocycles. The van der Waals surface area contributed by atoms with E-state index in [0.29, 0.717) is 11.1 Å². The number of benzene rings is 2. The molecule has 176 valence electrons. The first-order valence-electron chi connectivity index (χ1n) is 9.71. The lowest BCUT2D eigenvalue weighted by Gasteiger charge is -2.23. The van der Waals surface area contributed by atoms with E-state index < -0.39 is 23.5 Å². The maximum atomic E-state index is 13.0. The summed E-state index contributed by atoms with van der Waals surface area (Å²) in [7, 11) is 0. The SMILES string of the molecule is N/N=C(\NN)c1ccc(C(O)(O)NC(=O)c2cc(C(=O)NCc3ccc(F)cc3)ncn2)cc1. The van der Waals surface area contributed by atoms with Crippen LogP contribution in [0.5, 0.6) is 0 Å². The molecular formula is C21H21FN8O4. The van der Waals surface area contributed by atoms with Crippen LogP contribution in [0.1, 0.15) is 37.7 Å². The molecule has 0 unspecified atom stereocenters. The van der Waals surface area contributed by atoms with Gasteiger partial charge >= 0.3 is 0 Å². The first-order valence-corrected chi connectivity index (χ1v) is 9.71. The third-order valence-corrected chi connectivity index (χ3v) is 4.61. The number of carbonyl (C=O) groups excluding carboxylic acids is 2. The minimum Gasteiger partial charge on any atom is -0.347 e. The van der Waals surface area contributed by atoms with Crippen LogP contribution in [-0.4, -0.2) is 37.8 Å². The van der Waals surface area contributed by atoms with Crippen LogP contribution in [0.3, 0.4) is 0 Å². The van der Waals surface area contributed by atoms with Crippen molar-refractivity contribution in [1.29, 1.82) is 0 Å². The van der Waals surface area contributed by atoms with Crippen molar-refractivity contribution in [3.8, 4) is 0 Å². The van der Waals surface area contributed by atoms with Crippen LogP contribution in [0, 0.1) is 5.82 Å². The lowest BCUT2D eigenvalue weighted by atomic mass is 10.1. The van der Waals surface area contributed by atoms with Crippen molar-refractivity contribution in [3.63, 3.8) is 0 Å². The summed E-state index contributed by atoms with van der Waals surface area (Å²) < 4.78 is 13.0. The van der Waals surface area contributed by atoms with E-state index in [1.807, 2.05) is 5.32 Å². The van der Waals surface area contributed by atoms with Crippen molar-refractivity contribution >= 4 is 17.6 Å². The molecule has 2 aromatic carbocycles. The average Bonchev–Trinajstić information content (AvgIpc) is 2.84. The quantitative estimate of drug-likeness (QED) is 0.0758. The van der Waals surface area contributed by atoms with Gasteiger partial charge in [-0.15, -0.1) is 0 Å². The monoisotopic (exact) mass is 468 g/mol. The Kier molecular flexibility index (Phi) is 7.43. The zero-order valence-corrected chi connectivity index (χ0v) is 17.6. The highest BCUT2D eigenvalue weighted by atomic mass is 19.1. The number of hydrazone groups is 1. The maximum absolute atomic E-state index is 13.0. The second kappa shape index (κ2) is 10.4. The third-order valence-electron chi connectivity index (χ3n) is 4.61. The summed E-state index contributed by atoms with van der Waals surface area (Å²) in [5, 5.41) is 28.7. The van der Waals surface area contributed by atoms with Crippen LogP contribution >= 0.6 is 0 Å². The Morgan fingerprint density at radius 1 is 1.00 bits per heavy atom. The van der Waals surface area contributed by atoms with Crippen LogP contribution in [0.25, 0.3) is 0 Å². The van der Waals surface area contributed by atoms with Gasteiger partial charge in [0.2, 0.25) is 0 Å². The van der Waals surface area contributed by atoms with Crippen molar-refractivity contribution in [2.45, 2.75) is 12.5 Å². The molecule has 0 saturated heterocycles. The van der Waals surface area contributed by atoms with Gasteiger partial charge in [-0.25, -0.2) is 20.2 Å². The van der Waals surface area contributed by atoms with Crippen LogP contribution < -0.4 is 27.7 Å². The van der Waals surface area contributed by atoms with Gasteiger partial charge in [-0.1, -0.05) is 36.4 Å². The molecule has 0 atom stereocenters. The van der Waals surface area contributed by atoms with Crippen molar-refractivity contribution in [1.82, 2.24) is 26.0 Å². The predicted octanol–water partition coefficient (Wildman–Crippen LogP) is -0.846. The Bertz CT molecular complexity index is 1200. The second-order valence-electron chi connectivity index (χ2n) is 6.92. The van der Waals surface area contributed by atoms with Gasteiger partial charge in [-0.3, -0.25) is 14.9 Å². The van der Waals surface area contributed by atoms with Gasteiger partial charge in [0, 0.05) is 23.7 Å². The highest BCUT2D eigenvalue weighted by Crippen LogP contribution is 2.17. The number of nitrogens with one attached hydrogen (secondary N) is 3. The summed E-state index contributed by atoms with van der Waals surface area (Å²) in [5.41, 5.74) is 2.91. The average molecular weight is 468 g/mol. The number of hydrogen-bond donors (Lipinski definition) is 7. The van der Waals surface area contributed by atoms with E-state index >= 15 is 0 Å². The van der Waals surface area contributed by atoms with Gasteiger partial charge in [-0.2, -0.15) is 5.10 Å². The minimum absolute atomic E-state index is 0.0793. The number of hydrogen-bond acceptors (Lipinski definition) is 9. The molecule has 3 rings (SSSR count). The molecule has 2 amide bonds. The number of aliphatic hydroxyl groups is 2. The zero-order chi connectivity index (χ0) is 24.7. The van der Waals surface area contributed by atoms with E-state index in [9.17, 15) is 24.2 Å². The van der Waals surface area contributed by atoms with E-state index in [-0.39, 0.29) is 29.3 Å². The summed E-state index contributed by atoms with van der Waals surface area (Å²) >= 11 is 0. The van der Waals surface area contributed by atoms with Crippen molar-refractivity contribution in [3.05, 3.63) is 94.8 Å². The molecule has 9 N–H and O–H groups in total. The number of halogens is 1. The number of amidine groups is 1. The number of hydrazine groups is 1. The van der Waals surface area contributed by atoms with E-state index in [1.165, 1.54) is 48.5 Å². The molecule has 1 aromatic heterocycles. The number of nitrogens with zero attached hydrogens (tertiary/aromatic N) is 3. The molecule has 13 heteroatoms. The summed E-state index contributed by atoms with van der Waals surface area (Å²) in [6, 6.07) is 12.2. The number of aromatic nitrogens is 2. The first kappa shape index (κ1) is 24.2. The van der Waals surface area contributed by atoms with Crippen LogP contribution in [0.2, 0.25) is 0 Å². The lowest BCUT2D eigenvalue weighted by molar-refractivity contribution is -0.185. The molecule has 0 fully saturated rings. The Balaban J connectivity index is 1.68. The first-order chi connectivity index (χ1) is 16.2. The number of nitrogens with two attached hydrogens (primary N) is 2. The maximum Gasteiger partial charge on any atom is 0.275 e. The molecule has 12 nitrogen and oxygen atoms in total. The Hall–Kier alpha value is -4.46. The highest BCUT2D eigenvalue weighted by molar-refractivity contribution is 5.98. The third kappa shape index (κ3) is 5.86. The van der Waals surface area contributed by atoms with Gasteiger partial charge in [0.15, 0.2) is 5.84 Å². The largest absolute Gasteiger partial charge is 0.347 e. The zero-order valence-electron chi connectivity index (χ0n) is 17.6. The topological polar surface area (TPSA) is 201 Å². The standard InChI is InChI=1S/C21H21FN8O4/c22-15-7-1-12(2-8-15)10-25-19(31)16-9-17(27-11-26-16)20(32)28-21(33,34)14-5-3-13(4-6-14)18(29-23)30-24/h1-9,11,33-34H,10,23-24H2,(H,25,31)(H,28,32)(H,29,30). The van der Waals surface area contributed by atoms with Crippen LogP contribution in [0.4, 0.5) is 4.39 Å². The molecule has 0 aliphatic carbocycles. The fraction of sp³-hybridized carbons (Fsp3) is 0.0952. The number of carbonyl (C=O) groups is 2. The summed E-state index contributed by atoms with van der Waals surface area (Å²) in [6.45, 7) is 0.104. The van der Waals surface area contributed by atoms with Crippen LogP contribution in [-0.2, 0) is 12.5 Å². The van der Waals surface area contributed by atoms with Crippen molar-refractivity contribution < 1.29 is 24.2 Å². The Morgan fingerprint density at radius 3 is 2.21 bits per heavy atom. The van der Waals surface area contributed by atoms with Crippen molar-refractivity contribution in [2.75, 3.05) is 0 Å². The smallest absolute Gasteiger partial charge is 0.275 e. The van der Waals surface area contributed by atoms with E-state index in [4.69, 9.17) is 11.7 Å². The molecule has 34 heavy (non-hydrogen) atoms. The van der Waals surface area contributed by atoms with Gasteiger partial charge in [0.05, 0.1) is 0 Å². The van der Waals surface area contributed by atoms with E-state index in [2.05, 4.69) is 25.8 Å². The van der Waals surface area contributed by atoms with Gasteiger partial charge in [0.1, 0.15) is 23.5 Å². The van der Waals surface area contributed by atoms with E-state index in [0.717, 1.165) is 12.4 Å². The second-order valence-corrected chi connectivity index (χ2v) is 6.92. The van der Waals surface area contributed by atoms with Gasteiger partial charge in [-0.05, 0) is 17.7 Å². The predicted molar refractivity (Wildman–Crippen MR) is 118 cm³/mol. The fourth-order valence-corrected chi connectivity index (χ4v) is 2.83. The van der Waals surface area contributed by atoms with Crippen molar-refractivity contribution in [2.24, 2.45) is 16.8 Å². The summed E-state index contributed by atoms with van der Waals surface area (Å²) in [4.78, 5) is 32.5. The minimum atomic E-state index is -2.76. The molecule has 0 spiro atoms. The Morgan fingerprint density at radius 2 is 1.62 bits per heavy atom. The molecule has 1 heterocycles. The van der Waals surface area contributed by atoms with Gasteiger partial charge < -0.3 is 26.8 Å². The molecule has 0 aliphatic rings. The molecule has 0 radical (unpaired) electrons. The highest BCUT2D eigenvalue weighted by Gasteiger charge is 2.29. The normalized spacial score (nSPS) is 11.6. The number of amides is 2. The summed E-state index contributed by atoms with van der Waals surface area (Å²) in [6.07, 6.45) is 0.987. The van der Waals surface area contributed by atoms with E-state index in [1.54, 1.807) is 0 Å². The number of rotatable bonds is 7. The Labute approximate surface area is 192 Å². The van der Waals surface area contributed by atoms with Gasteiger partial charge in [0.25, 0.3) is 17.7 Å². The lowest BCUT2D eigenvalue weighted by Crippen LogP contribution is -2.46. The molecular weight excluding hydrogens is 447 g/mol. The van der Waals surface area contributed by atoms with Crippen LogP contribution in [0.15, 0.2) is 66.0 Å².